The van der Waals surface area contributed by atoms with Gasteiger partial charge in [-0.05, 0) is 31.5 Å². The summed E-state index contributed by atoms with van der Waals surface area (Å²) < 4.78 is 1.85. The minimum atomic E-state index is -0.341. The zero-order valence-electron chi connectivity index (χ0n) is 9.97. The highest BCUT2D eigenvalue weighted by atomic mass is 16.1. The molecule has 1 amide bonds. The molecule has 0 aliphatic rings. The molecule has 0 saturated carbocycles. The van der Waals surface area contributed by atoms with E-state index in [2.05, 4.69) is 4.98 Å². The first kappa shape index (κ1) is 11.4. The number of aryl methyl sites for hydroxylation is 1. The number of hydrogen-bond acceptors (Lipinski definition) is 3. The topological polar surface area (TPSA) is 86.9 Å². The van der Waals surface area contributed by atoms with E-state index in [0.717, 1.165) is 16.6 Å². The molecule has 2 rings (SSSR count). The van der Waals surface area contributed by atoms with Crippen LogP contribution in [0.15, 0.2) is 18.2 Å². The third-order valence-corrected chi connectivity index (χ3v) is 2.81. The lowest BCUT2D eigenvalue weighted by Gasteiger charge is -2.14. The van der Waals surface area contributed by atoms with Crippen molar-refractivity contribution in [2.45, 2.75) is 26.3 Å². The van der Waals surface area contributed by atoms with Gasteiger partial charge in [0, 0.05) is 12.5 Å². The van der Waals surface area contributed by atoms with Gasteiger partial charge in [0.05, 0.1) is 11.0 Å². The standard InChI is InChI=1S/C12H16N4O/c1-7-3-4-9-10(5-7)16(12(14)15-9)8(2)6-11(13)17/h3-5,8H,6H2,1-2H3,(H2,13,17)(H2,14,15). The number of nitrogens with two attached hydrogens (primary N) is 2. The fraction of sp³-hybridized carbons (Fsp3) is 0.333. The van der Waals surface area contributed by atoms with E-state index in [1.807, 2.05) is 36.6 Å². The average Bonchev–Trinajstić information content (AvgIpc) is 2.52. The summed E-state index contributed by atoms with van der Waals surface area (Å²) in [7, 11) is 0. The summed E-state index contributed by atoms with van der Waals surface area (Å²) in [6, 6.07) is 5.84. The maximum Gasteiger partial charge on any atom is 0.219 e. The lowest BCUT2D eigenvalue weighted by atomic mass is 10.2. The Kier molecular flexibility index (Phi) is 2.75. The smallest absolute Gasteiger partial charge is 0.219 e. The fourth-order valence-electron chi connectivity index (χ4n) is 2.07. The van der Waals surface area contributed by atoms with E-state index >= 15 is 0 Å². The lowest BCUT2D eigenvalue weighted by Crippen LogP contribution is -2.18. The Labute approximate surface area is 99.4 Å². The van der Waals surface area contributed by atoms with Crippen molar-refractivity contribution in [1.82, 2.24) is 9.55 Å². The number of anilines is 1. The van der Waals surface area contributed by atoms with Crippen LogP contribution < -0.4 is 11.5 Å². The van der Waals surface area contributed by atoms with Crippen molar-refractivity contribution < 1.29 is 4.79 Å². The molecule has 1 aromatic heterocycles. The second-order valence-corrected chi connectivity index (χ2v) is 4.35. The van der Waals surface area contributed by atoms with Crippen LogP contribution in [0.3, 0.4) is 0 Å². The first-order valence-corrected chi connectivity index (χ1v) is 5.51. The predicted molar refractivity (Wildman–Crippen MR) is 67.4 cm³/mol. The molecular weight excluding hydrogens is 216 g/mol. The van der Waals surface area contributed by atoms with Crippen molar-refractivity contribution in [3.05, 3.63) is 23.8 Å². The van der Waals surface area contributed by atoms with Gasteiger partial charge in [-0.1, -0.05) is 6.07 Å². The van der Waals surface area contributed by atoms with Gasteiger partial charge in [-0.2, -0.15) is 0 Å². The number of carbonyl (C=O) groups is 1. The summed E-state index contributed by atoms with van der Waals surface area (Å²) in [5, 5.41) is 0. The van der Waals surface area contributed by atoms with Crippen molar-refractivity contribution in [2.75, 3.05) is 5.73 Å². The number of nitrogen functional groups attached to an aromatic ring is 1. The number of rotatable bonds is 3. The molecular formula is C12H16N4O. The quantitative estimate of drug-likeness (QED) is 0.837. The van der Waals surface area contributed by atoms with E-state index in [9.17, 15) is 4.79 Å². The molecule has 1 unspecified atom stereocenters. The average molecular weight is 232 g/mol. The van der Waals surface area contributed by atoms with Gasteiger partial charge in [-0.25, -0.2) is 4.98 Å². The summed E-state index contributed by atoms with van der Waals surface area (Å²) in [5.74, 6) is 0.0748. The van der Waals surface area contributed by atoms with Gasteiger partial charge in [0.2, 0.25) is 11.9 Å². The first-order chi connectivity index (χ1) is 7.99. The minimum Gasteiger partial charge on any atom is -0.370 e. The Morgan fingerprint density at radius 3 is 2.88 bits per heavy atom. The van der Waals surface area contributed by atoms with E-state index in [1.54, 1.807) is 0 Å². The molecule has 2 aromatic rings. The molecule has 17 heavy (non-hydrogen) atoms. The predicted octanol–water partition coefficient (Wildman–Crippen LogP) is 1.36. The number of carbonyl (C=O) groups excluding carboxylic acids is 1. The van der Waals surface area contributed by atoms with E-state index in [0.29, 0.717) is 5.95 Å². The molecule has 0 spiro atoms. The van der Waals surface area contributed by atoms with Crippen LogP contribution in [0, 0.1) is 6.92 Å². The Hall–Kier alpha value is -2.04. The van der Waals surface area contributed by atoms with Crippen molar-refractivity contribution in [3.8, 4) is 0 Å². The van der Waals surface area contributed by atoms with Gasteiger partial charge in [0.15, 0.2) is 0 Å². The highest BCUT2D eigenvalue weighted by Gasteiger charge is 2.15. The van der Waals surface area contributed by atoms with Crippen molar-refractivity contribution in [1.29, 1.82) is 0 Å². The largest absolute Gasteiger partial charge is 0.370 e. The number of nitrogens with zero attached hydrogens (tertiary/aromatic N) is 2. The molecule has 1 heterocycles. The zero-order valence-corrected chi connectivity index (χ0v) is 9.97. The van der Waals surface area contributed by atoms with Crippen LogP contribution in [0.1, 0.15) is 24.9 Å². The molecule has 0 fully saturated rings. The van der Waals surface area contributed by atoms with Gasteiger partial charge < -0.3 is 16.0 Å². The summed E-state index contributed by atoms with van der Waals surface area (Å²) in [6.45, 7) is 3.91. The number of hydrogen-bond donors (Lipinski definition) is 2. The molecule has 1 aromatic carbocycles. The van der Waals surface area contributed by atoms with Gasteiger partial charge in [-0.15, -0.1) is 0 Å². The molecule has 4 N–H and O–H groups in total. The Morgan fingerprint density at radius 1 is 1.53 bits per heavy atom. The fourth-order valence-corrected chi connectivity index (χ4v) is 2.07. The van der Waals surface area contributed by atoms with Crippen LogP contribution in [0.5, 0.6) is 0 Å². The van der Waals surface area contributed by atoms with E-state index in [-0.39, 0.29) is 18.4 Å². The molecule has 0 bridgehead atoms. The molecule has 0 aliphatic heterocycles. The number of benzene rings is 1. The summed E-state index contributed by atoms with van der Waals surface area (Å²) >= 11 is 0. The van der Waals surface area contributed by atoms with Gasteiger partial charge in [0.1, 0.15) is 0 Å². The Bertz CT molecular complexity index is 573. The molecule has 1 atom stereocenters. The van der Waals surface area contributed by atoms with E-state index < -0.39 is 0 Å². The van der Waals surface area contributed by atoms with Crippen molar-refractivity contribution >= 4 is 22.9 Å². The normalized spacial score (nSPS) is 12.8. The molecule has 0 radical (unpaired) electrons. The Morgan fingerprint density at radius 2 is 2.24 bits per heavy atom. The van der Waals surface area contributed by atoms with E-state index in [4.69, 9.17) is 11.5 Å². The molecule has 90 valence electrons. The van der Waals surface area contributed by atoms with Gasteiger partial charge in [-0.3, -0.25) is 4.79 Å². The van der Waals surface area contributed by atoms with Crippen LogP contribution in [-0.2, 0) is 4.79 Å². The highest BCUT2D eigenvalue weighted by Crippen LogP contribution is 2.25. The number of fused-ring (bicyclic) bond motifs is 1. The van der Waals surface area contributed by atoms with Crippen LogP contribution in [0.2, 0.25) is 0 Å². The van der Waals surface area contributed by atoms with Gasteiger partial charge >= 0.3 is 0 Å². The van der Waals surface area contributed by atoms with Crippen LogP contribution in [0.4, 0.5) is 5.95 Å². The van der Waals surface area contributed by atoms with Crippen LogP contribution >= 0.6 is 0 Å². The number of amides is 1. The molecule has 5 nitrogen and oxygen atoms in total. The zero-order chi connectivity index (χ0) is 12.6. The van der Waals surface area contributed by atoms with Crippen LogP contribution in [0.25, 0.3) is 11.0 Å². The third kappa shape index (κ3) is 2.08. The van der Waals surface area contributed by atoms with Crippen molar-refractivity contribution in [3.63, 3.8) is 0 Å². The van der Waals surface area contributed by atoms with Crippen LogP contribution in [-0.4, -0.2) is 15.5 Å². The maximum absolute atomic E-state index is 11.0. The lowest BCUT2D eigenvalue weighted by molar-refractivity contribution is -0.118. The first-order valence-electron chi connectivity index (χ1n) is 5.51. The Balaban J connectivity index is 2.55. The molecule has 5 heteroatoms. The molecule has 0 saturated heterocycles. The summed E-state index contributed by atoms with van der Waals surface area (Å²) in [6.07, 6.45) is 0.254. The van der Waals surface area contributed by atoms with Crippen molar-refractivity contribution in [2.24, 2.45) is 5.73 Å². The minimum absolute atomic E-state index is 0.0840. The second kappa shape index (κ2) is 4.08. The summed E-state index contributed by atoms with van der Waals surface area (Å²) in [5.41, 5.74) is 14.0. The highest BCUT2D eigenvalue weighted by molar-refractivity contribution is 5.80. The third-order valence-electron chi connectivity index (χ3n) is 2.81. The summed E-state index contributed by atoms with van der Waals surface area (Å²) in [4.78, 5) is 15.2. The number of primary amides is 1. The second-order valence-electron chi connectivity index (χ2n) is 4.35. The number of imidazole rings is 1. The van der Waals surface area contributed by atoms with E-state index in [1.165, 1.54) is 0 Å². The number of aromatic nitrogens is 2. The molecule has 0 aliphatic carbocycles. The van der Waals surface area contributed by atoms with Gasteiger partial charge in [0.25, 0.3) is 0 Å². The monoisotopic (exact) mass is 232 g/mol. The maximum atomic E-state index is 11.0. The SMILES string of the molecule is Cc1ccc2nc(N)n(C(C)CC(N)=O)c2c1.